The van der Waals surface area contributed by atoms with Crippen LogP contribution >= 0.6 is 0 Å². The number of para-hydroxylation sites is 2. The van der Waals surface area contributed by atoms with Crippen molar-refractivity contribution in [3.8, 4) is 0 Å². The average molecular weight is 375 g/mol. The summed E-state index contributed by atoms with van der Waals surface area (Å²) >= 11 is 0. The molecule has 0 spiro atoms. The molecule has 0 aliphatic rings. The zero-order valence-corrected chi connectivity index (χ0v) is 15.2. The van der Waals surface area contributed by atoms with E-state index in [-0.39, 0.29) is 10.7 Å². The van der Waals surface area contributed by atoms with Crippen LogP contribution in [0.3, 0.4) is 0 Å². The number of hydrogen-bond acceptors (Lipinski definition) is 4. The van der Waals surface area contributed by atoms with Gasteiger partial charge in [-0.2, -0.15) is 0 Å². The molecule has 1 N–H and O–H groups in total. The number of nitrogens with zero attached hydrogens (tertiary/aromatic N) is 2. The Kier molecular flexibility index (Phi) is 4.56. The van der Waals surface area contributed by atoms with Gasteiger partial charge in [-0.15, -0.1) is 0 Å². The molecule has 0 saturated carbocycles. The van der Waals surface area contributed by atoms with E-state index in [4.69, 9.17) is 0 Å². The summed E-state index contributed by atoms with van der Waals surface area (Å²) in [6, 6.07) is 25.4. The molecular weight excluding hydrogens is 358 g/mol. The molecular formula is C21H17N3O2S. The lowest BCUT2D eigenvalue weighted by Gasteiger charge is -2.12. The fourth-order valence-corrected chi connectivity index (χ4v) is 3.87. The second-order valence-electron chi connectivity index (χ2n) is 6.09. The zero-order valence-electron chi connectivity index (χ0n) is 14.4. The molecule has 5 nitrogen and oxygen atoms in total. The highest BCUT2D eigenvalue weighted by atomic mass is 32.2. The SMILES string of the molecule is O=S(=O)(Nc1nc2ccccc2nc1Cc1ccccc1)c1ccccc1. The van der Waals surface area contributed by atoms with Gasteiger partial charge in [0.2, 0.25) is 0 Å². The number of fused-ring (bicyclic) bond motifs is 1. The third-order valence-corrected chi connectivity index (χ3v) is 5.50. The molecule has 0 atom stereocenters. The molecule has 27 heavy (non-hydrogen) atoms. The summed E-state index contributed by atoms with van der Waals surface area (Å²) in [4.78, 5) is 9.37. The molecule has 0 bridgehead atoms. The fourth-order valence-electron chi connectivity index (χ4n) is 2.82. The number of benzene rings is 3. The largest absolute Gasteiger partial charge is 0.263 e. The second kappa shape index (κ2) is 7.17. The van der Waals surface area contributed by atoms with Crippen LogP contribution in [-0.4, -0.2) is 18.4 Å². The summed E-state index contributed by atoms with van der Waals surface area (Å²) in [6.45, 7) is 0. The summed E-state index contributed by atoms with van der Waals surface area (Å²) in [5.74, 6) is 0.251. The number of rotatable bonds is 5. The Morgan fingerprint density at radius 2 is 1.26 bits per heavy atom. The first-order chi connectivity index (χ1) is 13.1. The molecule has 4 aromatic rings. The zero-order chi connectivity index (χ0) is 18.7. The van der Waals surface area contributed by atoms with E-state index >= 15 is 0 Å². The minimum Gasteiger partial charge on any atom is -0.262 e. The number of aromatic nitrogens is 2. The minimum atomic E-state index is -3.75. The van der Waals surface area contributed by atoms with E-state index < -0.39 is 10.0 Å². The van der Waals surface area contributed by atoms with Crippen LogP contribution in [0, 0.1) is 0 Å². The maximum Gasteiger partial charge on any atom is 0.263 e. The lowest BCUT2D eigenvalue weighted by atomic mass is 10.1. The van der Waals surface area contributed by atoms with Gasteiger partial charge in [-0.25, -0.2) is 18.4 Å². The minimum absolute atomic E-state index is 0.186. The van der Waals surface area contributed by atoms with Gasteiger partial charge in [0.25, 0.3) is 10.0 Å². The van der Waals surface area contributed by atoms with Crippen LogP contribution in [0.25, 0.3) is 11.0 Å². The average Bonchev–Trinajstić information content (AvgIpc) is 2.70. The molecule has 4 rings (SSSR count). The van der Waals surface area contributed by atoms with E-state index in [2.05, 4.69) is 14.7 Å². The molecule has 0 radical (unpaired) electrons. The van der Waals surface area contributed by atoms with Crippen molar-refractivity contribution in [3.05, 3.63) is 96.2 Å². The van der Waals surface area contributed by atoms with Crippen LogP contribution in [0.2, 0.25) is 0 Å². The molecule has 3 aromatic carbocycles. The van der Waals surface area contributed by atoms with Gasteiger partial charge in [0.05, 0.1) is 21.6 Å². The van der Waals surface area contributed by atoms with Crippen molar-refractivity contribution < 1.29 is 8.42 Å². The molecule has 0 aliphatic heterocycles. The van der Waals surface area contributed by atoms with E-state index in [1.807, 2.05) is 54.6 Å². The topological polar surface area (TPSA) is 72.0 Å². The Balaban J connectivity index is 1.79. The normalized spacial score (nSPS) is 11.4. The van der Waals surface area contributed by atoms with Gasteiger partial charge >= 0.3 is 0 Å². The molecule has 134 valence electrons. The number of anilines is 1. The van der Waals surface area contributed by atoms with Crippen LogP contribution in [0.5, 0.6) is 0 Å². The molecule has 1 aromatic heterocycles. The summed E-state index contributed by atoms with van der Waals surface area (Å²) in [6.07, 6.45) is 0.477. The monoisotopic (exact) mass is 375 g/mol. The van der Waals surface area contributed by atoms with Crippen LogP contribution in [0.15, 0.2) is 89.8 Å². The Bertz CT molecular complexity index is 1180. The maximum atomic E-state index is 12.8. The van der Waals surface area contributed by atoms with Crippen molar-refractivity contribution in [1.82, 2.24) is 9.97 Å². The lowest BCUT2D eigenvalue weighted by Crippen LogP contribution is -2.16. The first-order valence-electron chi connectivity index (χ1n) is 8.49. The molecule has 1 heterocycles. The number of hydrogen-bond donors (Lipinski definition) is 1. The second-order valence-corrected chi connectivity index (χ2v) is 7.77. The third-order valence-electron chi connectivity index (χ3n) is 4.14. The summed E-state index contributed by atoms with van der Waals surface area (Å²) < 4.78 is 28.1. The van der Waals surface area contributed by atoms with Crippen molar-refractivity contribution in [2.75, 3.05) is 4.72 Å². The van der Waals surface area contributed by atoms with Crippen molar-refractivity contribution in [2.45, 2.75) is 11.3 Å². The van der Waals surface area contributed by atoms with Crippen molar-refractivity contribution >= 4 is 26.9 Å². The van der Waals surface area contributed by atoms with Gasteiger partial charge < -0.3 is 0 Å². The number of nitrogens with one attached hydrogen (secondary N) is 1. The number of sulfonamides is 1. The van der Waals surface area contributed by atoms with E-state index in [0.29, 0.717) is 17.6 Å². The van der Waals surface area contributed by atoms with Gasteiger partial charge in [0, 0.05) is 6.42 Å². The van der Waals surface area contributed by atoms with Gasteiger partial charge in [-0.1, -0.05) is 60.7 Å². The standard InChI is InChI=1S/C21H17N3O2S/c25-27(26,17-11-5-2-6-12-17)24-21-20(15-16-9-3-1-4-10-16)22-18-13-7-8-14-19(18)23-21/h1-14H,15H2,(H,23,24). The molecule has 0 amide bonds. The van der Waals surface area contributed by atoms with Crippen LogP contribution < -0.4 is 4.72 Å². The summed E-state index contributed by atoms with van der Waals surface area (Å²) in [5, 5.41) is 0. The highest BCUT2D eigenvalue weighted by Gasteiger charge is 2.18. The maximum absolute atomic E-state index is 12.8. The predicted octanol–water partition coefficient (Wildman–Crippen LogP) is 4.02. The molecule has 6 heteroatoms. The predicted molar refractivity (Wildman–Crippen MR) is 106 cm³/mol. The highest BCUT2D eigenvalue weighted by molar-refractivity contribution is 7.92. The van der Waals surface area contributed by atoms with Crippen molar-refractivity contribution in [3.63, 3.8) is 0 Å². The van der Waals surface area contributed by atoms with Crippen molar-refractivity contribution in [1.29, 1.82) is 0 Å². The van der Waals surface area contributed by atoms with E-state index in [1.54, 1.807) is 30.3 Å². The van der Waals surface area contributed by atoms with Gasteiger partial charge in [-0.3, -0.25) is 4.72 Å². The first-order valence-corrected chi connectivity index (χ1v) is 9.97. The van der Waals surface area contributed by atoms with Gasteiger partial charge in [0.15, 0.2) is 5.82 Å². The Morgan fingerprint density at radius 3 is 1.93 bits per heavy atom. The summed E-state index contributed by atoms with van der Waals surface area (Å²) in [7, 11) is -3.75. The van der Waals surface area contributed by atoms with Crippen molar-refractivity contribution in [2.24, 2.45) is 0 Å². The molecule has 0 saturated heterocycles. The Morgan fingerprint density at radius 1 is 0.704 bits per heavy atom. The van der Waals surface area contributed by atoms with E-state index in [1.165, 1.54) is 0 Å². The smallest absolute Gasteiger partial charge is 0.262 e. The Hall–Kier alpha value is -3.25. The first kappa shape index (κ1) is 17.2. The lowest BCUT2D eigenvalue weighted by molar-refractivity contribution is 0.601. The quantitative estimate of drug-likeness (QED) is 0.572. The molecule has 0 fully saturated rings. The van der Waals surface area contributed by atoms with Crippen LogP contribution in [0.1, 0.15) is 11.3 Å². The third kappa shape index (κ3) is 3.80. The van der Waals surface area contributed by atoms with Crippen LogP contribution in [-0.2, 0) is 16.4 Å². The van der Waals surface area contributed by atoms with E-state index in [9.17, 15) is 8.42 Å². The summed E-state index contributed by atoms with van der Waals surface area (Å²) in [5.41, 5.74) is 2.98. The highest BCUT2D eigenvalue weighted by Crippen LogP contribution is 2.22. The fraction of sp³-hybridized carbons (Fsp3) is 0.0476. The molecule has 0 aliphatic carbocycles. The van der Waals surface area contributed by atoms with E-state index in [0.717, 1.165) is 11.1 Å². The Labute approximate surface area is 157 Å². The van der Waals surface area contributed by atoms with Gasteiger partial charge in [-0.05, 0) is 29.8 Å². The molecule has 0 unspecified atom stereocenters. The van der Waals surface area contributed by atoms with Crippen LogP contribution in [0.4, 0.5) is 5.82 Å². The van der Waals surface area contributed by atoms with Gasteiger partial charge in [0.1, 0.15) is 0 Å².